The molecule has 0 aliphatic carbocycles. The Hall–Kier alpha value is -5.18. The minimum atomic E-state index is -4.74. The number of aryl methyl sites for hydroxylation is 2. The van der Waals surface area contributed by atoms with Crippen molar-refractivity contribution in [2.75, 3.05) is 7.05 Å². The number of aromatic nitrogens is 4. The van der Waals surface area contributed by atoms with Crippen LogP contribution in [0.3, 0.4) is 0 Å². The third-order valence-electron chi connectivity index (χ3n) is 7.69. The fourth-order valence-electron chi connectivity index (χ4n) is 5.32. The van der Waals surface area contributed by atoms with Crippen molar-refractivity contribution in [3.63, 3.8) is 0 Å². The molecule has 5 rings (SSSR count). The largest absolute Gasteiger partial charge is 0.417 e. The number of carbonyl (C=O) groups is 2. The number of hydrogen-bond acceptors (Lipinski definition) is 5. The fourth-order valence-corrected chi connectivity index (χ4v) is 5.32. The maximum absolute atomic E-state index is 14.1. The van der Waals surface area contributed by atoms with Crippen molar-refractivity contribution in [1.82, 2.24) is 29.5 Å². The van der Waals surface area contributed by atoms with Crippen LogP contribution in [-0.2, 0) is 25.6 Å². The molecule has 0 fully saturated rings. The third-order valence-corrected chi connectivity index (χ3v) is 7.69. The highest BCUT2D eigenvalue weighted by Gasteiger charge is 2.36. The molecule has 4 aromatic rings. The molecule has 0 radical (unpaired) electrons. The summed E-state index contributed by atoms with van der Waals surface area (Å²) in [6, 6.07) is 11.0. The van der Waals surface area contributed by atoms with Crippen LogP contribution in [0.25, 0.3) is 11.6 Å². The summed E-state index contributed by atoms with van der Waals surface area (Å²) in [5.41, 5.74) is 1.08. The van der Waals surface area contributed by atoms with Crippen LogP contribution < -0.4 is 10.9 Å². The summed E-state index contributed by atoms with van der Waals surface area (Å²) in [6.07, 6.45) is 1.28. The van der Waals surface area contributed by atoms with Crippen LogP contribution in [0.2, 0.25) is 0 Å². The van der Waals surface area contributed by atoms with Gasteiger partial charge >= 0.3 is 6.18 Å². The van der Waals surface area contributed by atoms with Gasteiger partial charge in [-0.2, -0.15) is 18.3 Å². The second kappa shape index (κ2) is 11.5. The van der Waals surface area contributed by atoms with E-state index in [0.717, 1.165) is 23.5 Å². The fraction of sp³-hybridized carbons (Fsp3) is 0.281. The smallest absolute Gasteiger partial charge is 0.355 e. The molecule has 3 heterocycles. The average molecular weight is 603 g/mol. The van der Waals surface area contributed by atoms with Gasteiger partial charge in [-0.25, -0.2) is 14.2 Å². The molecule has 9 nitrogen and oxygen atoms in total. The minimum Gasteiger partial charge on any atom is -0.355 e. The maximum atomic E-state index is 14.1. The van der Waals surface area contributed by atoms with Gasteiger partial charge in [0.15, 0.2) is 0 Å². The van der Waals surface area contributed by atoms with Crippen LogP contribution in [0.15, 0.2) is 53.3 Å². The highest BCUT2D eigenvalue weighted by molar-refractivity contribution is 5.95. The van der Waals surface area contributed by atoms with E-state index in [1.165, 1.54) is 22.6 Å². The molecule has 2 aromatic carbocycles. The standard InChI is InChI=1S/C32H29F3N6O3/c1-6-20-8-9-22(16-26(20)32(33,34)35)29(43)39-17-27-25(15-18(39)3)30(44)40(24-12-10-21(11-13-24)28(42)36-5)31(37-27)41-19(4)14-23(7-2)38-41/h1,8-14,16,18H,7,15,17H2,2-5H3,(H,36,42)/t18-/m1/s1. The summed E-state index contributed by atoms with van der Waals surface area (Å²) in [4.78, 5) is 46.1. The molecule has 1 atom stereocenters. The van der Waals surface area contributed by atoms with E-state index in [9.17, 15) is 27.6 Å². The number of rotatable bonds is 5. The molecule has 226 valence electrons. The number of hydrogen-bond donors (Lipinski definition) is 1. The first-order valence-corrected chi connectivity index (χ1v) is 13.9. The SMILES string of the molecule is C#Cc1ccc(C(=O)N2Cc3nc(-n4nc(CC)cc4C)n(-c4ccc(C(=O)NC)cc4)c(=O)c3C[C@H]2C)cc1C(F)(F)F. The second-order valence-electron chi connectivity index (χ2n) is 10.5. The van der Waals surface area contributed by atoms with Gasteiger partial charge in [0.25, 0.3) is 17.4 Å². The normalized spacial score (nSPS) is 14.6. The Balaban J connectivity index is 1.63. The lowest BCUT2D eigenvalue weighted by molar-refractivity contribution is -0.137. The molecule has 2 aromatic heterocycles. The monoisotopic (exact) mass is 602 g/mol. The molecule has 0 unspecified atom stereocenters. The predicted molar refractivity (Wildman–Crippen MR) is 157 cm³/mol. The summed E-state index contributed by atoms with van der Waals surface area (Å²) in [7, 11) is 1.52. The molecule has 0 bridgehead atoms. The number of nitrogens with zero attached hydrogens (tertiary/aromatic N) is 5. The Morgan fingerprint density at radius 3 is 2.39 bits per heavy atom. The molecule has 44 heavy (non-hydrogen) atoms. The predicted octanol–water partition coefficient (Wildman–Crippen LogP) is 4.24. The Morgan fingerprint density at radius 2 is 1.80 bits per heavy atom. The Bertz CT molecular complexity index is 1880. The zero-order valence-electron chi connectivity index (χ0n) is 24.5. The number of fused-ring (bicyclic) bond motifs is 1. The van der Waals surface area contributed by atoms with Crippen LogP contribution >= 0.6 is 0 Å². The number of halogens is 3. The van der Waals surface area contributed by atoms with Gasteiger partial charge in [-0.05, 0) is 75.2 Å². The summed E-state index contributed by atoms with van der Waals surface area (Å²) in [5.74, 6) is 1.28. The van der Waals surface area contributed by atoms with Gasteiger partial charge in [-0.3, -0.25) is 14.4 Å². The van der Waals surface area contributed by atoms with Crippen molar-refractivity contribution in [3.05, 3.63) is 104 Å². The number of carbonyl (C=O) groups excluding carboxylic acids is 2. The summed E-state index contributed by atoms with van der Waals surface area (Å²) >= 11 is 0. The van der Waals surface area contributed by atoms with Crippen LogP contribution in [0.1, 0.15) is 68.3 Å². The van der Waals surface area contributed by atoms with Crippen LogP contribution in [0, 0.1) is 19.3 Å². The van der Waals surface area contributed by atoms with Crippen LogP contribution in [-0.4, -0.2) is 49.1 Å². The van der Waals surface area contributed by atoms with Gasteiger partial charge in [0.2, 0.25) is 5.95 Å². The molecule has 1 N–H and O–H groups in total. The molecule has 0 saturated carbocycles. The average Bonchev–Trinajstić information content (AvgIpc) is 3.40. The lowest BCUT2D eigenvalue weighted by atomic mass is 9.97. The van der Waals surface area contributed by atoms with Gasteiger partial charge in [0, 0.05) is 41.0 Å². The summed E-state index contributed by atoms with van der Waals surface area (Å²) in [5, 5.41) is 7.19. The third kappa shape index (κ3) is 5.37. The number of alkyl halides is 3. The van der Waals surface area contributed by atoms with Gasteiger partial charge in [0.05, 0.1) is 29.2 Å². The zero-order valence-corrected chi connectivity index (χ0v) is 24.5. The maximum Gasteiger partial charge on any atom is 0.417 e. The van der Waals surface area contributed by atoms with E-state index >= 15 is 0 Å². The topological polar surface area (TPSA) is 102 Å². The highest BCUT2D eigenvalue weighted by atomic mass is 19.4. The van der Waals surface area contributed by atoms with Crippen molar-refractivity contribution in [1.29, 1.82) is 0 Å². The first-order valence-electron chi connectivity index (χ1n) is 13.9. The van der Waals surface area contributed by atoms with Crippen LogP contribution in [0.5, 0.6) is 0 Å². The highest BCUT2D eigenvalue weighted by Crippen LogP contribution is 2.33. The van der Waals surface area contributed by atoms with Gasteiger partial charge in [-0.15, -0.1) is 6.42 Å². The quantitative estimate of drug-likeness (QED) is 0.345. The van der Waals surface area contributed by atoms with Crippen LogP contribution in [0.4, 0.5) is 13.2 Å². The van der Waals surface area contributed by atoms with Crippen molar-refractivity contribution < 1.29 is 22.8 Å². The first kappa shape index (κ1) is 30.3. The number of amides is 2. The Labute approximate surface area is 251 Å². The Morgan fingerprint density at radius 1 is 1.11 bits per heavy atom. The molecule has 0 saturated heterocycles. The number of benzene rings is 2. The first-order chi connectivity index (χ1) is 20.9. The lowest BCUT2D eigenvalue weighted by Crippen LogP contribution is -2.46. The van der Waals surface area contributed by atoms with Gasteiger partial charge < -0.3 is 10.2 Å². The van der Waals surface area contributed by atoms with Crippen molar-refractivity contribution in [2.24, 2.45) is 0 Å². The summed E-state index contributed by atoms with van der Waals surface area (Å²) in [6.45, 7) is 5.39. The van der Waals surface area contributed by atoms with E-state index in [-0.39, 0.29) is 41.5 Å². The minimum absolute atomic E-state index is 0.104. The molecule has 1 aliphatic rings. The van der Waals surface area contributed by atoms with Crippen molar-refractivity contribution in [3.8, 4) is 24.0 Å². The molecule has 0 spiro atoms. The second-order valence-corrected chi connectivity index (χ2v) is 10.5. The molecule has 2 amide bonds. The molecule has 1 aliphatic heterocycles. The van der Waals surface area contributed by atoms with E-state index < -0.39 is 23.7 Å². The molecular weight excluding hydrogens is 573 g/mol. The van der Waals surface area contributed by atoms with E-state index in [1.807, 2.05) is 25.8 Å². The zero-order chi connectivity index (χ0) is 31.9. The summed E-state index contributed by atoms with van der Waals surface area (Å²) < 4.78 is 44.0. The number of terminal acetylenes is 1. The van der Waals surface area contributed by atoms with E-state index in [4.69, 9.17) is 11.4 Å². The van der Waals surface area contributed by atoms with E-state index in [2.05, 4.69) is 10.4 Å². The van der Waals surface area contributed by atoms with E-state index in [1.54, 1.807) is 35.9 Å². The van der Waals surface area contributed by atoms with Gasteiger partial charge in [0.1, 0.15) is 0 Å². The molecular formula is C32H29F3N6O3. The van der Waals surface area contributed by atoms with Gasteiger partial charge in [-0.1, -0.05) is 12.8 Å². The Kier molecular flexibility index (Phi) is 7.90. The van der Waals surface area contributed by atoms with Crippen molar-refractivity contribution in [2.45, 2.75) is 52.4 Å². The lowest BCUT2D eigenvalue weighted by Gasteiger charge is -2.34. The van der Waals surface area contributed by atoms with Crippen molar-refractivity contribution >= 4 is 11.8 Å². The molecule has 12 heteroatoms. The number of nitrogens with one attached hydrogen (secondary N) is 1. The van der Waals surface area contributed by atoms with E-state index in [0.29, 0.717) is 28.9 Å².